The molecule has 0 unspecified atom stereocenters. The first-order chi connectivity index (χ1) is 15.4. The number of methoxy groups -OCH3 is 3. The van der Waals surface area contributed by atoms with E-state index in [9.17, 15) is 13.2 Å². The fourth-order valence-electron chi connectivity index (χ4n) is 3.50. The van der Waals surface area contributed by atoms with Crippen molar-refractivity contribution < 1.29 is 27.4 Å². The Morgan fingerprint density at radius 2 is 1.72 bits per heavy atom. The van der Waals surface area contributed by atoms with Gasteiger partial charge in [-0.05, 0) is 43.2 Å². The Hall–Kier alpha value is -3.11. The minimum atomic E-state index is -3.63. The van der Waals surface area contributed by atoms with Crippen molar-refractivity contribution in [1.29, 1.82) is 0 Å². The second-order valence-electron chi connectivity index (χ2n) is 7.12. The number of carbonyl (C=O) groups is 1. The number of rotatable bonds is 8. The van der Waals surface area contributed by atoms with Crippen molar-refractivity contribution in [2.75, 3.05) is 34.4 Å². The van der Waals surface area contributed by atoms with Crippen LogP contribution in [-0.4, -0.2) is 59.3 Å². The lowest BCUT2D eigenvalue weighted by Crippen LogP contribution is -2.35. The van der Waals surface area contributed by atoms with Crippen molar-refractivity contribution >= 4 is 22.1 Å². The third-order valence-corrected chi connectivity index (χ3v) is 7.05. The number of hydrogen-bond acceptors (Lipinski definition) is 7. The molecule has 0 saturated carbocycles. The molecule has 1 amide bonds. The van der Waals surface area contributed by atoms with Crippen LogP contribution in [-0.2, 0) is 10.0 Å². The van der Waals surface area contributed by atoms with E-state index in [1.807, 2.05) is 0 Å². The molecule has 1 fully saturated rings. The summed E-state index contributed by atoms with van der Waals surface area (Å²) in [6.45, 7) is 0.992. The van der Waals surface area contributed by atoms with Crippen LogP contribution in [0.2, 0.25) is 0 Å². The van der Waals surface area contributed by atoms with Gasteiger partial charge in [0.2, 0.25) is 15.8 Å². The predicted octanol–water partition coefficient (Wildman–Crippen LogP) is 2.65. The van der Waals surface area contributed by atoms with Crippen molar-refractivity contribution in [2.45, 2.75) is 24.2 Å². The van der Waals surface area contributed by atoms with Gasteiger partial charge >= 0.3 is 0 Å². The summed E-state index contributed by atoms with van der Waals surface area (Å²) in [7, 11) is 0.868. The minimum absolute atomic E-state index is 0.0950. The van der Waals surface area contributed by atoms with Gasteiger partial charge in [0.25, 0.3) is 5.91 Å². The summed E-state index contributed by atoms with van der Waals surface area (Å²) in [4.78, 5) is 12.7. The molecule has 9 nitrogen and oxygen atoms in total. The second-order valence-corrected chi connectivity index (χ2v) is 9.05. The maximum atomic E-state index is 12.9. The highest BCUT2D eigenvalue weighted by Gasteiger charge is 2.26. The zero-order valence-corrected chi connectivity index (χ0v) is 19.1. The lowest BCUT2D eigenvalue weighted by atomic mass is 10.2. The topological polar surface area (TPSA) is 107 Å². The van der Waals surface area contributed by atoms with Gasteiger partial charge in [-0.3, -0.25) is 4.79 Å². The number of nitrogens with zero attached hydrogens (tertiary/aromatic N) is 2. The van der Waals surface area contributed by atoms with Gasteiger partial charge < -0.3 is 14.2 Å². The van der Waals surface area contributed by atoms with Crippen LogP contribution in [0.3, 0.4) is 0 Å². The molecule has 0 atom stereocenters. The van der Waals surface area contributed by atoms with Gasteiger partial charge in [0.05, 0.1) is 32.4 Å². The predicted molar refractivity (Wildman–Crippen MR) is 120 cm³/mol. The Morgan fingerprint density at radius 3 is 2.38 bits per heavy atom. The SMILES string of the molecule is COc1ccc(C=NNC(=O)c2cccc(S(=O)(=O)N3CCCCC3)c2)c(OC)c1OC. The highest BCUT2D eigenvalue weighted by molar-refractivity contribution is 7.89. The molecule has 2 aromatic rings. The van der Waals surface area contributed by atoms with E-state index in [2.05, 4.69) is 10.5 Å². The number of hydrazone groups is 1. The van der Waals surface area contributed by atoms with Crippen molar-refractivity contribution in [1.82, 2.24) is 9.73 Å². The second kappa shape index (κ2) is 10.5. The maximum Gasteiger partial charge on any atom is 0.271 e. The van der Waals surface area contributed by atoms with Gasteiger partial charge in [0, 0.05) is 24.2 Å². The molecule has 0 aliphatic carbocycles. The number of hydrogen-bond donors (Lipinski definition) is 1. The number of carbonyl (C=O) groups excluding carboxylic acids is 1. The third-order valence-electron chi connectivity index (χ3n) is 5.15. The fraction of sp³-hybridized carbons (Fsp3) is 0.364. The largest absolute Gasteiger partial charge is 0.493 e. The first kappa shape index (κ1) is 23.6. The Labute approximate surface area is 188 Å². The molecule has 32 heavy (non-hydrogen) atoms. The van der Waals surface area contributed by atoms with E-state index in [0.29, 0.717) is 35.9 Å². The number of sulfonamides is 1. The minimum Gasteiger partial charge on any atom is -0.493 e. The lowest BCUT2D eigenvalue weighted by Gasteiger charge is -2.25. The fourth-order valence-corrected chi connectivity index (χ4v) is 5.07. The Morgan fingerprint density at radius 1 is 1.00 bits per heavy atom. The summed E-state index contributed by atoms with van der Waals surface area (Å²) < 4.78 is 43.2. The van der Waals surface area contributed by atoms with Crippen LogP contribution in [0.1, 0.15) is 35.2 Å². The van der Waals surface area contributed by atoms with Crippen molar-refractivity contribution in [2.24, 2.45) is 5.10 Å². The van der Waals surface area contributed by atoms with Crippen LogP contribution in [0.15, 0.2) is 46.4 Å². The Balaban J connectivity index is 1.76. The standard InChI is InChI=1S/C22H27N3O6S/c1-29-19-11-10-17(20(30-2)21(19)31-3)15-23-24-22(26)16-8-7-9-18(14-16)32(27,28)25-12-5-4-6-13-25/h7-11,14-15H,4-6,12-13H2,1-3H3,(H,24,26). The summed E-state index contributed by atoms with van der Waals surface area (Å²) in [5, 5.41) is 3.98. The molecule has 1 aliphatic rings. The molecule has 0 aromatic heterocycles. The quantitative estimate of drug-likeness (QED) is 0.479. The van der Waals surface area contributed by atoms with E-state index in [-0.39, 0.29) is 10.5 Å². The smallest absolute Gasteiger partial charge is 0.271 e. The number of amides is 1. The molecule has 0 spiro atoms. The molecule has 1 N–H and O–H groups in total. The summed E-state index contributed by atoms with van der Waals surface area (Å²) >= 11 is 0. The number of ether oxygens (including phenoxy) is 3. The van der Waals surface area contributed by atoms with E-state index in [1.165, 1.54) is 50.0 Å². The molecular weight excluding hydrogens is 434 g/mol. The van der Waals surface area contributed by atoms with Crippen LogP contribution in [0.25, 0.3) is 0 Å². The number of piperidine rings is 1. The molecule has 1 aliphatic heterocycles. The van der Waals surface area contributed by atoms with E-state index in [4.69, 9.17) is 14.2 Å². The van der Waals surface area contributed by atoms with Gasteiger partial charge in [-0.2, -0.15) is 9.41 Å². The van der Waals surface area contributed by atoms with Gasteiger partial charge in [0.1, 0.15) is 0 Å². The Bertz CT molecular complexity index is 1090. The molecular formula is C22H27N3O6S. The first-order valence-electron chi connectivity index (χ1n) is 10.1. The van der Waals surface area contributed by atoms with Gasteiger partial charge in [-0.15, -0.1) is 0 Å². The van der Waals surface area contributed by atoms with Gasteiger partial charge in [-0.25, -0.2) is 13.8 Å². The van der Waals surface area contributed by atoms with E-state index in [0.717, 1.165) is 19.3 Å². The zero-order chi connectivity index (χ0) is 23.1. The summed E-state index contributed by atoms with van der Waals surface area (Å²) in [6, 6.07) is 9.36. The van der Waals surface area contributed by atoms with Crippen LogP contribution in [0.5, 0.6) is 17.2 Å². The summed E-state index contributed by atoms with van der Waals surface area (Å²) in [5.41, 5.74) is 3.17. The summed E-state index contributed by atoms with van der Waals surface area (Å²) in [5.74, 6) is 0.772. The molecule has 1 heterocycles. The van der Waals surface area contributed by atoms with E-state index < -0.39 is 15.9 Å². The molecule has 0 radical (unpaired) electrons. The highest BCUT2D eigenvalue weighted by Crippen LogP contribution is 2.38. The average Bonchev–Trinajstić information content (AvgIpc) is 2.84. The average molecular weight is 462 g/mol. The lowest BCUT2D eigenvalue weighted by molar-refractivity contribution is 0.0955. The zero-order valence-electron chi connectivity index (χ0n) is 18.3. The third kappa shape index (κ3) is 5.03. The van der Waals surface area contributed by atoms with E-state index in [1.54, 1.807) is 18.2 Å². The monoisotopic (exact) mass is 461 g/mol. The molecule has 1 saturated heterocycles. The first-order valence-corrected chi connectivity index (χ1v) is 11.6. The summed E-state index contributed by atoms with van der Waals surface area (Å²) in [6.07, 6.45) is 4.12. The number of nitrogens with one attached hydrogen (secondary N) is 1. The molecule has 172 valence electrons. The van der Waals surface area contributed by atoms with Crippen molar-refractivity contribution in [3.63, 3.8) is 0 Å². The maximum absolute atomic E-state index is 12.9. The van der Waals surface area contributed by atoms with Crippen molar-refractivity contribution in [3.05, 3.63) is 47.5 Å². The van der Waals surface area contributed by atoms with E-state index >= 15 is 0 Å². The molecule has 10 heteroatoms. The van der Waals surface area contributed by atoms with Crippen LogP contribution in [0.4, 0.5) is 0 Å². The van der Waals surface area contributed by atoms with Crippen molar-refractivity contribution in [3.8, 4) is 17.2 Å². The van der Waals surface area contributed by atoms with Crippen LogP contribution < -0.4 is 19.6 Å². The van der Waals surface area contributed by atoms with Crippen LogP contribution in [0, 0.1) is 0 Å². The van der Waals surface area contributed by atoms with Crippen LogP contribution >= 0.6 is 0 Å². The highest BCUT2D eigenvalue weighted by atomic mass is 32.2. The normalized spacial score (nSPS) is 14.8. The molecule has 2 aromatic carbocycles. The van der Waals surface area contributed by atoms with Gasteiger partial charge in [-0.1, -0.05) is 12.5 Å². The Kier molecular flexibility index (Phi) is 7.70. The molecule has 3 rings (SSSR count). The number of benzene rings is 2. The molecule has 0 bridgehead atoms. The van der Waals surface area contributed by atoms with Gasteiger partial charge in [0.15, 0.2) is 11.5 Å².